The zero-order chi connectivity index (χ0) is 15.2. The van der Waals surface area contributed by atoms with E-state index >= 15 is 0 Å². The van der Waals surface area contributed by atoms with Crippen LogP contribution in [0.25, 0.3) is 0 Å². The maximum Gasteiger partial charge on any atom is 0.191 e. The van der Waals surface area contributed by atoms with Crippen LogP contribution in [0.4, 0.5) is 0 Å². The van der Waals surface area contributed by atoms with Gasteiger partial charge in [-0.05, 0) is 19.1 Å². The van der Waals surface area contributed by atoms with Crippen molar-refractivity contribution in [3.63, 3.8) is 0 Å². The molecule has 6 nitrogen and oxygen atoms in total. The Morgan fingerprint density at radius 1 is 1.50 bits per heavy atom. The summed E-state index contributed by atoms with van der Waals surface area (Å²) >= 11 is 7.21. The van der Waals surface area contributed by atoms with Crippen LogP contribution in [-0.2, 0) is 6.54 Å². The van der Waals surface area contributed by atoms with Crippen LogP contribution < -0.4 is 10.6 Å². The van der Waals surface area contributed by atoms with Gasteiger partial charge in [0.2, 0.25) is 0 Å². The number of guanidine groups is 1. The van der Waals surface area contributed by atoms with E-state index in [9.17, 15) is 5.11 Å². The molecule has 22 heavy (non-hydrogen) atoms. The lowest BCUT2D eigenvalue weighted by atomic mass is 10.3. The molecule has 9 heteroatoms. The molecule has 2 rings (SSSR count). The first-order chi connectivity index (χ1) is 10.1. The van der Waals surface area contributed by atoms with Gasteiger partial charge in [-0.1, -0.05) is 16.8 Å². The fourth-order valence-electron chi connectivity index (χ4n) is 1.69. The third-order valence-corrected chi connectivity index (χ3v) is 4.05. The van der Waals surface area contributed by atoms with Crippen molar-refractivity contribution in [2.24, 2.45) is 4.99 Å². The van der Waals surface area contributed by atoms with Gasteiger partial charge in [-0.15, -0.1) is 35.3 Å². The normalized spacial score (nSPS) is 12.6. The van der Waals surface area contributed by atoms with Crippen molar-refractivity contribution in [2.75, 3.05) is 13.6 Å². The minimum absolute atomic E-state index is 0. The molecule has 3 N–H and O–H groups in total. The van der Waals surface area contributed by atoms with Crippen molar-refractivity contribution < 1.29 is 9.63 Å². The molecule has 0 saturated heterocycles. The number of halogens is 2. The number of aryl methyl sites for hydroxylation is 1. The lowest BCUT2D eigenvalue weighted by Crippen LogP contribution is -2.38. The molecule has 0 saturated carbocycles. The molecule has 0 radical (unpaired) electrons. The monoisotopic (exact) mass is 456 g/mol. The molecule has 0 bridgehead atoms. The number of thiophene rings is 1. The summed E-state index contributed by atoms with van der Waals surface area (Å²) in [5, 5.41) is 20.0. The first-order valence-electron chi connectivity index (χ1n) is 6.38. The zero-order valence-electron chi connectivity index (χ0n) is 12.2. The van der Waals surface area contributed by atoms with E-state index in [2.05, 4.69) is 20.8 Å². The van der Waals surface area contributed by atoms with E-state index in [-0.39, 0.29) is 24.0 Å². The molecule has 2 aromatic rings. The van der Waals surface area contributed by atoms with Crippen molar-refractivity contribution in [3.05, 3.63) is 38.9 Å². The van der Waals surface area contributed by atoms with Gasteiger partial charge in [0.25, 0.3) is 0 Å². The van der Waals surface area contributed by atoms with E-state index in [4.69, 9.17) is 16.1 Å². The number of aliphatic hydroxyl groups excluding tert-OH is 1. The third-order valence-electron chi connectivity index (χ3n) is 2.72. The van der Waals surface area contributed by atoms with Gasteiger partial charge < -0.3 is 20.3 Å². The van der Waals surface area contributed by atoms with Gasteiger partial charge in [0, 0.05) is 24.5 Å². The molecule has 0 aliphatic rings. The summed E-state index contributed by atoms with van der Waals surface area (Å²) in [7, 11) is 1.66. The minimum atomic E-state index is -0.631. The quantitative estimate of drug-likeness (QED) is 0.366. The second kappa shape index (κ2) is 9.33. The largest absolute Gasteiger partial charge is 0.386 e. The fraction of sp³-hybridized carbons (Fsp3) is 0.385. The highest BCUT2D eigenvalue weighted by atomic mass is 127. The number of hydrogen-bond acceptors (Lipinski definition) is 5. The van der Waals surface area contributed by atoms with E-state index in [0.29, 0.717) is 23.4 Å². The average Bonchev–Trinajstić information content (AvgIpc) is 3.07. The number of nitrogens with one attached hydrogen (secondary N) is 2. The van der Waals surface area contributed by atoms with Crippen molar-refractivity contribution in [3.8, 4) is 0 Å². The predicted molar refractivity (Wildman–Crippen MR) is 99.1 cm³/mol. The van der Waals surface area contributed by atoms with E-state index < -0.39 is 6.10 Å². The van der Waals surface area contributed by atoms with Gasteiger partial charge >= 0.3 is 0 Å². The Morgan fingerprint density at radius 3 is 2.82 bits per heavy atom. The lowest BCUT2D eigenvalue weighted by Gasteiger charge is -2.13. The summed E-state index contributed by atoms with van der Waals surface area (Å²) in [5.74, 6) is 1.30. The van der Waals surface area contributed by atoms with Gasteiger partial charge in [-0.3, -0.25) is 4.99 Å². The Kier molecular flexibility index (Phi) is 8.15. The van der Waals surface area contributed by atoms with E-state index in [1.54, 1.807) is 13.1 Å². The Labute approximate surface area is 155 Å². The predicted octanol–water partition coefficient (Wildman–Crippen LogP) is 2.71. The van der Waals surface area contributed by atoms with E-state index in [1.165, 1.54) is 11.3 Å². The molecule has 0 aliphatic heterocycles. The second-order valence-corrected chi connectivity index (χ2v) is 6.15. The third kappa shape index (κ3) is 5.75. The number of aromatic nitrogens is 1. The van der Waals surface area contributed by atoms with Crippen molar-refractivity contribution in [1.82, 2.24) is 15.8 Å². The summed E-state index contributed by atoms with van der Waals surface area (Å²) in [5.41, 5.74) is 0.833. The number of rotatable bonds is 5. The Balaban J connectivity index is 0.00000242. The molecule has 2 aromatic heterocycles. The van der Waals surface area contributed by atoms with Crippen molar-refractivity contribution in [1.29, 1.82) is 0 Å². The molecule has 0 aliphatic carbocycles. The maximum atomic E-state index is 10.0. The molecular weight excluding hydrogens is 439 g/mol. The first kappa shape index (κ1) is 19.2. The molecule has 2 heterocycles. The smallest absolute Gasteiger partial charge is 0.191 e. The Morgan fingerprint density at radius 2 is 2.27 bits per heavy atom. The van der Waals surface area contributed by atoms with Crippen molar-refractivity contribution in [2.45, 2.75) is 19.6 Å². The van der Waals surface area contributed by atoms with Crippen LogP contribution in [0.1, 0.15) is 22.4 Å². The summed E-state index contributed by atoms with van der Waals surface area (Å²) in [4.78, 5) is 4.89. The second-order valence-electron chi connectivity index (χ2n) is 4.40. The van der Waals surface area contributed by atoms with Crippen LogP contribution in [0.2, 0.25) is 4.34 Å². The van der Waals surface area contributed by atoms with Crippen LogP contribution in [0.15, 0.2) is 27.7 Å². The summed E-state index contributed by atoms with van der Waals surface area (Å²) in [6.45, 7) is 2.68. The number of aliphatic hydroxyl groups is 1. The zero-order valence-corrected chi connectivity index (χ0v) is 16.1. The molecule has 1 unspecified atom stereocenters. The topological polar surface area (TPSA) is 82.7 Å². The van der Waals surface area contributed by atoms with Gasteiger partial charge in [0.05, 0.1) is 16.6 Å². The number of nitrogens with zero attached hydrogens (tertiary/aromatic N) is 2. The molecule has 0 amide bonds. The van der Waals surface area contributed by atoms with Gasteiger partial charge in [0.15, 0.2) is 11.7 Å². The Bertz CT molecular complexity index is 617. The van der Waals surface area contributed by atoms with E-state index in [1.807, 2.05) is 19.1 Å². The molecule has 0 fully saturated rings. The first-order valence-corrected chi connectivity index (χ1v) is 7.58. The van der Waals surface area contributed by atoms with Gasteiger partial charge in [-0.2, -0.15) is 0 Å². The lowest BCUT2D eigenvalue weighted by molar-refractivity contribution is 0.184. The molecule has 122 valence electrons. The highest BCUT2D eigenvalue weighted by molar-refractivity contribution is 14.0. The summed E-state index contributed by atoms with van der Waals surface area (Å²) < 4.78 is 5.76. The maximum absolute atomic E-state index is 10.0. The summed E-state index contributed by atoms with van der Waals surface area (Å²) in [6.07, 6.45) is -0.631. The highest BCUT2D eigenvalue weighted by Crippen LogP contribution is 2.26. The minimum Gasteiger partial charge on any atom is -0.386 e. The average molecular weight is 457 g/mol. The summed E-state index contributed by atoms with van der Waals surface area (Å²) in [6, 6.07) is 5.43. The highest BCUT2D eigenvalue weighted by Gasteiger charge is 2.11. The van der Waals surface area contributed by atoms with Crippen molar-refractivity contribution >= 4 is 52.9 Å². The SMILES string of the molecule is CN=C(NCc1cc(C)no1)NCC(O)c1ccc(Cl)s1.I. The molecule has 0 aromatic carbocycles. The molecule has 0 spiro atoms. The fourth-order valence-corrected chi connectivity index (χ4v) is 2.74. The number of aliphatic imine (C=N–C) groups is 1. The van der Waals surface area contributed by atoms with E-state index in [0.717, 1.165) is 16.3 Å². The van der Waals surface area contributed by atoms with Crippen LogP contribution in [0.5, 0.6) is 0 Å². The van der Waals surface area contributed by atoms with Crippen LogP contribution in [0, 0.1) is 6.92 Å². The standard InChI is InChI=1S/C13H17ClN4O2S.HI/c1-8-5-9(20-18-8)6-16-13(15-2)17-7-10(19)11-3-4-12(14)21-11;/h3-5,10,19H,6-7H2,1-2H3,(H2,15,16,17);1H. The van der Waals surface area contributed by atoms with Crippen LogP contribution in [0.3, 0.4) is 0 Å². The Hall–Kier alpha value is -0.840. The van der Waals surface area contributed by atoms with Crippen LogP contribution >= 0.6 is 46.9 Å². The van der Waals surface area contributed by atoms with Gasteiger partial charge in [0.1, 0.15) is 6.10 Å². The molecular formula is C13H18ClIN4O2S. The van der Waals surface area contributed by atoms with Gasteiger partial charge in [-0.25, -0.2) is 0 Å². The van der Waals surface area contributed by atoms with Crippen LogP contribution in [-0.4, -0.2) is 29.8 Å². The number of hydrogen-bond donors (Lipinski definition) is 3. The molecule has 1 atom stereocenters.